The van der Waals surface area contributed by atoms with Crippen LogP contribution in [0.3, 0.4) is 0 Å². The molecule has 6 aliphatic heterocycles. The molecule has 1 spiro atoms. The number of rotatable bonds is 4. The van der Waals surface area contributed by atoms with Crippen molar-refractivity contribution in [2.75, 3.05) is 41.1 Å². The molecular formula is C22H26N2O5. The minimum absolute atomic E-state index is 0.103. The molecule has 7 heteroatoms. The summed E-state index contributed by atoms with van der Waals surface area (Å²) >= 11 is 0. The summed E-state index contributed by atoms with van der Waals surface area (Å²) in [4.78, 5) is 7.60. The molecule has 1 aromatic rings. The smallest absolute Gasteiger partial charge is 0.201 e. The van der Waals surface area contributed by atoms with E-state index in [2.05, 4.69) is 4.90 Å². The van der Waals surface area contributed by atoms with E-state index in [0.29, 0.717) is 42.0 Å². The summed E-state index contributed by atoms with van der Waals surface area (Å²) < 4.78 is 23.6. The second-order valence-corrected chi connectivity index (χ2v) is 8.66. The lowest BCUT2D eigenvalue weighted by Gasteiger charge is -2.54. The molecule has 0 aromatic heterocycles. The Morgan fingerprint density at radius 3 is 2.83 bits per heavy atom. The second kappa shape index (κ2) is 5.89. The van der Waals surface area contributed by atoms with E-state index >= 15 is 0 Å². The lowest BCUT2D eigenvalue weighted by atomic mass is 9.68. The van der Waals surface area contributed by atoms with Gasteiger partial charge in [0.1, 0.15) is 11.4 Å². The lowest BCUT2D eigenvalue weighted by molar-refractivity contribution is -0.0155. The van der Waals surface area contributed by atoms with Crippen LogP contribution in [0.25, 0.3) is 0 Å². The number of fused-ring (bicyclic) bond motifs is 2. The Bertz CT molecular complexity index is 957. The van der Waals surface area contributed by atoms with Crippen LogP contribution in [0, 0.1) is 11.8 Å². The highest BCUT2D eigenvalue weighted by atomic mass is 16.5. The zero-order chi connectivity index (χ0) is 19.9. The number of hydrogen-bond acceptors (Lipinski definition) is 7. The fraction of sp³-hybridized carbons (Fsp3) is 0.591. The van der Waals surface area contributed by atoms with Gasteiger partial charge in [-0.3, -0.25) is 4.90 Å². The molecule has 0 saturated carbocycles. The van der Waals surface area contributed by atoms with Gasteiger partial charge in [-0.2, -0.15) is 0 Å². The Balaban J connectivity index is 1.58. The number of aliphatic imine (C=N–C) groups is 1. The van der Waals surface area contributed by atoms with Crippen molar-refractivity contribution in [3.8, 4) is 17.2 Å². The zero-order valence-corrected chi connectivity index (χ0v) is 17.0. The van der Waals surface area contributed by atoms with Gasteiger partial charge in [0.25, 0.3) is 0 Å². The van der Waals surface area contributed by atoms with Crippen LogP contribution in [0.4, 0.5) is 5.69 Å². The van der Waals surface area contributed by atoms with Crippen molar-refractivity contribution >= 4 is 11.6 Å². The first-order chi connectivity index (χ1) is 14.2. The van der Waals surface area contributed by atoms with Crippen molar-refractivity contribution in [1.29, 1.82) is 0 Å². The Labute approximate surface area is 169 Å². The van der Waals surface area contributed by atoms with Crippen molar-refractivity contribution in [3.05, 3.63) is 23.3 Å². The van der Waals surface area contributed by atoms with Gasteiger partial charge in [-0.25, -0.2) is 4.99 Å². The summed E-state index contributed by atoms with van der Waals surface area (Å²) in [6, 6.07) is 2.60. The molecule has 154 valence electrons. The van der Waals surface area contributed by atoms with Crippen LogP contribution in [-0.4, -0.2) is 69.1 Å². The van der Waals surface area contributed by atoms with Gasteiger partial charge < -0.3 is 24.1 Å². The summed E-state index contributed by atoms with van der Waals surface area (Å²) in [7, 11) is 5.01. The molecule has 6 aliphatic rings. The second-order valence-electron chi connectivity index (χ2n) is 8.66. The van der Waals surface area contributed by atoms with Gasteiger partial charge in [-0.1, -0.05) is 11.6 Å². The first-order valence-electron chi connectivity index (χ1n) is 10.3. The van der Waals surface area contributed by atoms with E-state index in [4.69, 9.17) is 23.9 Å². The van der Waals surface area contributed by atoms with Crippen molar-refractivity contribution < 1.29 is 24.1 Å². The van der Waals surface area contributed by atoms with E-state index < -0.39 is 0 Å². The monoisotopic (exact) mass is 398 g/mol. The standard InChI is InChI=1S/C22H26N2O5/c1-26-15-7-16(27-2)20(28-3)18-19(15)23-21-22(18)8-14-13(10-29-21)12-6-17(22)24(14)9-11(12)4-5-25/h4,7,12-14,17,25H,5-6,8-10H2,1-3H3/t12-,13-,14-,17-,22-/m0/s1. The highest BCUT2D eigenvalue weighted by molar-refractivity contribution is 6.01. The molecule has 5 saturated heterocycles. The predicted molar refractivity (Wildman–Crippen MR) is 106 cm³/mol. The third kappa shape index (κ3) is 1.93. The van der Waals surface area contributed by atoms with Gasteiger partial charge in [0, 0.05) is 36.2 Å². The molecule has 5 fully saturated rings. The first-order valence-corrected chi connectivity index (χ1v) is 10.3. The molecule has 1 N–H and O–H groups in total. The highest BCUT2D eigenvalue weighted by Gasteiger charge is 2.70. The number of hydrogen-bond donors (Lipinski definition) is 1. The van der Waals surface area contributed by atoms with Gasteiger partial charge in [0.15, 0.2) is 11.5 Å². The molecule has 1 aromatic carbocycles. The molecule has 0 aliphatic carbocycles. The van der Waals surface area contributed by atoms with Gasteiger partial charge in [-0.05, 0) is 18.8 Å². The lowest BCUT2D eigenvalue weighted by Crippen LogP contribution is -2.61. The number of nitrogens with zero attached hydrogens (tertiary/aromatic N) is 2. The van der Waals surface area contributed by atoms with E-state index in [9.17, 15) is 5.11 Å². The van der Waals surface area contributed by atoms with Crippen LogP contribution < -0.4 is 14.2 Å². The third-order valence-electron chi connectivity index (χ3n) is 7.89. The van der Waals surface area contributed by atoms with Crippen LogP contribution in [0.1, 0.15) is 18.4 Å². The maximum Gasteiger partial charge on any atom is 0.201 e. The quantitative estimate of drug-likeness (QED) is 0.783. The van der Waals surface area contributed by atoms with Crippen molar-refractivity contribution in [3.63, 3.8) is 0 Å². The number of methoxy groups -OCH3 is 3. The summed E-state index contributed by atoms with van der Waals surface area (Å²) in [6.07, 6.45) is 4.03. The van der Waals surface area contributed by atoms with Gasteiger partial charge >= 0.3 is 0 Å². The Hall–Kier alpha value is -2.25. The molecule has 29 heavy (non-hydrogen) atoms. The van der Waals surface area contributed by atoms with E-state index in [0.717, 1.165) is 42.3 Å². The summed E-state index contributed by atoms with van der Waals surface area (Å²) in [5.74, 6) is 3.80. The predicted octanol–water partition coefficient (Wildman–Crippen LogP) is 2.04. The Morgan fingerprint density at radius 1 is 1.28 bits per heavy atom. The highest BCUT2D eigenvalue weighted by Crippen LogP contribution is 2.66. The van der Waals surface area contributed by atoms with E-state index in [-0.39, 0.29) is 12.0 Å². The number of aliphatic hydroxyl groups excluding tert-OH is 1. The van der Waals surface area contributed by atoms with Gasteiger partial charge in [0.05, 0.1) is 40.0 Å². The summed E-state index contributed by atoms with van der Waals surface area (Å²) in [5, 5.41) is 9.49. The Kier molecular flexibility index (Phi) is 3.57. The average Bonchev–Trinajstić information content (AvgIpc) is 3.10. The maximum absolute atomic E-state index is 9.49. The summed E-state index contributed by atoms with van der Waals surface area (Å²) in [6.45, 7) is 1.69. The van der Waals surface area contributed by atoms with Crippen LogP contribution >= 0.6 is 0 Å². The largest absolute Gasteiger partial charge is 0.494 e. The minimum atomic E-state index is -0.332. The maximum atomic E-state index is 9.49. The van der Waals surface area contributed by atoms with Gasteiger partial charge in [0.2, 0.25) is 5.90 Å². The number of benzene rings is 1. The number of ether oxygens (including phenoxy) is 4. The van der Waals surface area contributed by atoms with Crippen LogP contribution in [0.5, 0.6) is 17.2 Å². The number of aliphatic hydroxyl groups is 1. The molecule has 6 heterocycles. The molecule has 5 bridgehead atoms. The van der Waals surface area contributed by atoms with E-state index in [1.807, 2.05) is 12.1 Å². The molecule has 7 rings (SSSR count). The molecular weight excluding hydrogens is 372 g/mol. The van der Waals surface area contributed by atoms with E-state index in [1.165, 1.54) is 5.57 Å². The average molecular weight is 398 g/mol. The fourth-order valence-electron chi connectivity index (χ4n) is 6.84. The van der Waals surface area contributed by atoms with Crippen molar-refractivity contribution in [1.82, 2.24) is 4.90 Å². The molecule has 6 atom stereocenters. The Morgan fingerprint density at radius 2 is 2.10 bits per heavy atom. The first kappa shape index (κ1) is 17.6. The molecule has 0 radical (unpaired) electrons. The normalized spacial score (nSPS) is 39.0. The molecule has 7 nitrogen and oxygen atoms in total. The molecule has 1 unspecified atom stereocenters. The topological polar surface area (TPSA) is 72.8 Å². The van der Waals surface area contributed by atoms with Gasteiger partial charge in [-0.15, -0.1) is 0 Å². The number of piperidine rings is 3. The van der Waals surface area contributed by atoms with E-state index in [1.54, 1.807) is 21.3 Å². The van der Waals surface area contributed by atoms with Crippen molar-refractivity contribution in [2.45, 2.75) is 30.3 Å². The SMILES string of the molecule is COc1cc(OC)c(OC)c2c1N=C1OC[C@H]3[C@H]4C[C@@H]5N(CC4=CCO)[C@H]3C[C@@]125. The van der Waals surface area contributed by atoms with Crippen LogP contribution in [0.15, 0.2) is 22.7 Å². The summed E-state index contributed by atoms with van der Waals surface area (Å²) in [5.41, 5.74) is 2.90. The fourth-order valence-corrected chi connectivity index (χ4v) is 6.84. The third-order valence-corrected chi connectivity index (χ3v) is 7.89. The van der Waals surface area contributed by atoms with Crippen LogP contribution in [-0.2, 0) is 10.2 Å². The van der Waals surface area contributed by atoms with Crippen LogP contribution in [0.2, 0.25) is 0 Å². The van der Waals surface area contributed by atoms with Crippen molar-refractivity contribution in [2.24, 2.45) is 16.8 Å². The zero-order valence-electron chi connectivity index (χ0n) is 17.0. The molecule has 0 amide bonds. The minimum Gasteiger partial charge on any atom is -0.494 e.